The number of hydrogen-bond acceptors (Lipinski definition) is 6. The fourth-order valence-corrected chi connectivity index (χ4v) is 4.01. The Bertz CT molecular complexity index is 1040. The van der Waals surface area contributed by atoms with Crippen molar-refractivity contribution in [3.63, 3.8) is 0 Å². The molecule has 0 spiro atoms. The number of nitrogen functional groups attached to an aromatic ring is 1. The Balaban J connectivity index is 1.84. The molecule has 0 aliphatic carbocycles. The van der Waals surface area contributed by atoms with Crippen LogP contribution in [0.5, 0.6) is 0 Å². The maximum Gasteiger partial charge on any atom is 0.232 e. The number of nitrogens with two attached hydrogens (primary N) is 1. The number of nitrogens with zero attached hydrogens (tertiary/aromatic N) is 3. The highest BCUT2D eigenvalue weighted by Crippen LogP contribution is 2.39. The fourth-order valence-electron chi connectivity index (χ4n) is 3.04. The Kier molecular flexibility index (Phi) is 3.14. The normalized spacial score (nSPS) is 14.1. The molecule has 0 fully saturated rings. The van der Waals surface area contributed by atoms with Crippen molar-refractivity contribution in [2.24, 2.45) is 0 Å². The number of nitrogens with one attached hydrogen (secondary N) is 2. The van der Waals surface area contributed by atoms with Gasteiger partial charge in [-0.3, -0.25) is 4.31 Å². The number of para-hydroxylation sites is 1. The first-order valence-electron chi connectivity index (χ1n) is 7.41. The van der Waals surface area contributed by atoms with Crippen LogP contribution in [0.2, 0.25) is 0 Å². The molecule has 0 saturated heterocycles. The second-order valence-electron chi connectivity index (χ2n) is 5.69. The lowest BCUT2D eigenvalue weighted by Gasteiger charge is -2.20. The molecule has 1 aliphatic rings. The number of fused-ring (bicyclic) bond motifs is 2. The third-order valence-corrected chi connectivity index (χ3v) is 5.21. The molecule has 0 saturated carbocycles. The summed E-state index contributed by atoms with van der Waals surface area (Å²) in [7, 11) is -3.34. The molecule has 2 aromatic heterocycles. The van der Waals surface area contributed by atoms with E-state index < -0.39 is 10.0 Å². The largest absolute Gasteiger partial charge is 0.368 e. The molecule has 0 bridgehead atoms. The van der Waals surface area contributed by atoms with Crippen molar-refractivity contribution < 1.29 is 8.42 Å². The Morgan fingerprint density at radius 3 is 2.92 bits per heavy atom. The highest BCUT2D eigenvalue weighted by molar-refractivity contribution is 7.92. The van der Waals surface area contributed by atoms with Crippen LogP contribution in [0.3, 0.4) is 0 Å². The Morgan fingerprint density at radius 2 is 2.12 bits per heavy atom. The van der Waals surface area contributed by atoms with E-state index in [4.69, 9.17) is 5.73 Å². The van der Waals surface area contributed by atoms with Gasteiger partial charge in [0.05, 0.1) is 23.0 Å². The van der Waals surface area contributed by atoms with Crippen LogP contribution in [0.25, 0.3) is 11.0 Å². The number of aromatic amines is 1. The molecule has 4 rings (SSSR count). The molecule has 0 atom stereocenters. The van der Waals surface area contributed by atoms with Crippen LogP contribution >= 0.6 is 0 Å². The summed E-state index contributed by atoms with van der Waals surface area (Å²) in [5.74, 6) is 0.674. The van der Waals surface area contributed by atoms with Crippen molar-refractivity contribution in [2.75, 3.05) is 28.2 Å². The standard InChI is InChI=1S/C15H16N6O2S/c1-24(22,23)21-8-6-9-3-2-4-11(12(9)21)18-14-10-5-7-17-13(10)19-15(16)20-14/h2-5,7H,6,8H2,1H3,(H4,16,17,18,19,20). The van der Waals surface area contributed by atoms with E-state index in [-0.39, 0.29) is 5.95 Å². The van der Waals surface area contributed by atoms with Crippen molar-refractivity contribution >= 4 is 44.2 Å². The molecule has 3 heterocycles. The summed E-state index contributed by atoms with van der Waals surface area (Å²) >= 11 is 0. The van der Waals surface area contributed by atoms with Crippen molar-refractivity contribution in [3.05, 3.63) is 36.0 Å². The molecule has 9 heteroatoms. The van der Waals surface area contributed by atoms with Gasteiger partial charge in [0, 0.05) is 12.7 Å². The maximum atomic E-state index is 12.1. The first-order chi connectivity index (χ1) is 11.4. The molecule has 8 nitrogen and oxygen atoms in total. The molecule has 1 aliphatic heterocycles. The highest BCUT2D eigenvalue weighted by Gasteiger charge is 2.29. The van der Waals surface area contributed by atoms with E-state index in [1.165, 1.54) is 10.6 Å². The Morgan fingerprint density at radius 1 is 1.29 bits per heavy atom. The van der Waals surface area contributed by atoms with Crippen LogP contribution in [0.1, 0.15) is 5.56 Å². The van der Waals surface area contributed by atoms with Gasteiger partial charge in [-0.25, -0.2) is 8.42 Å². The summed E-state index contributed by atoms with van der Waals surface area (Å²) in [6.07, 6.45) is 3.65. The average molecular weight is 344 g/mol. The number of H-pyrrole nitrogens is 1. The molecule has 4 N–H and O–H groups in total. The zero-order valence-electron chi connectivity index (χ0n) is 12.9. The lowest BCUT2D eigenvalue weighted by molar-refractivity contribution is 0.598. The Labute approximate surface area is 138 Å². The molecule has 0 unspecified atom stereocenters. The average Bonchev–Trinajstić information content (AvgIpc) is 3.12. The van der Waals surface area contributed by atoms with E-state index in [0.717, 1.165) is 10.9 Å². The number of benzene rings is 1. The molecule has 124 valence electrons. The summed E-state index contributed by atoms with van der Waals surface area (Å²) in [5.41, 5.74) is 8.71. The first-order valence-corrected chi connectivity index (χ1v) is 9.25. The van der Waals surface area contributed by atoms with Crippen molar-refractivity contribution in [2.45, 2.75) is 6.42 Å². The summed E-state index contributed by atoms with van der Waals surface area (Å²) in [6, 6.07) is 7.51. The smallest absolute Gasteiger partial charge is 0.232 e. The lowest BCUT2D eigenvalue weighted by Crippen LogP contribution is -2.28. The van der Waals surface area contributed by atoms with Crippen molar-refractivity contribution in [1.82, 2.24) is 15.0 Å². The zero-order valence-corrected chi connectivity index (χ0v) is 13.8. The van der Waals surface area contributed by atoms with E-state index >= 15 is 0 Å². The van der Waals surface area contributed by atoms with Gasteiger partial charge in [0.25, 0.3) is 0 Å². The topological polar surface area (TPSA) is 117 Å². The van der Waals surface area contributed by atoms with E-state index in [1.807, 2.05) is 24.3 Å². The molecule has 0 radical (unpaired) electrons. The molecule has 3 aromatic rings. The van der Waals surface area contributed by atoms with Gasteiger partial charge in [0.15, 0.2) is 0 Å². The van der Waals surface area contributed by atoms with Gasteiger partial charge in [0.1, 0.15) is 11.5 Å². The Hall–Kier alpha value is -2.81. The number of anilines is 4. The monoisotopic (exact) mass is 344 g/mol. The first kappa shape index (κ1) is 14.8. The molecular formula is C15H16N6O2S. The number of aromatic nitrogens is 3. The second-order valence-corrected chi connectivity index (χ2v) is 7.60. The van der Waals surface area contributed by atoms with Crippen LogP contribution in [0.15, 0.2) is 30.5 Å². The van der Waals surface area contributed by atoms with Crippen molar-refractivity contribution in [1.29, 1.82) is 0 Å². The van der Waals surface area contributed by atoms with Crippen LogP contribution < -0.4 is 15.4 Å². The number of rotatable bonds is 3. The van der Waals surface area contributed by atoms with Gasteiger partial charge in [-0.15, -0.1) is 0 Å². The van der Waals surface area contributed by atoms with E-state index in [2.05, 4.69) is 20.3 Å². The van der Waals surface area contributed by atoms with Gasteiger partial charge in [-0.1, -0.05) is 12.1 Å². The minimum atomic E-state index is -3.34. The van der Waals surface area contributed by atoms with Gasteiger partial charge < -0.3 is 16.0 Å². The van der Waals surface area contributed by atoms with Crippen LogP contribution in [-0.4, -0.2) is 36.2 Å². The summed E-state index contributed by atoms with van der Waals surface area (Å²) in [5, 5.41) is 4.00. The molecule has 1 aromatic carbocycles. The minimum absolute atomic E-state index is 0.139. The minimum Gasteiger partial charge on any atom is -0.368 e. The summed E-state index contributed by atoms with van der Waals surface area (Å²) < 4.78 is 25.6. The zero-order chi connectivity index (χ0) is 16.9. The molecule has 24 heavy (non-hydrogen) atoms. The van der Waals surface area contributed by atoms with Crippen molar-refractivity contribution in [3.8, 4) is 0 Å². The molecular weight excluding hydrogens is 328 g/mol. The predicted octanol–water partition coefficient (Wildman–Crippen LogP) is 1.61. The van der Waals surface area contributed by atoms with Gasteiger partial charge in [-0.2, -0.15) is 9.97 Å². The highest BCUT2D eigenvalue weighted by atomic mass is 32.2. The number of sulfonamides is 1. The van der Waals surface area contributed by atoms with Crippen LogP contribution in [0, 0.1) is 0 Å². The lowest BCUT2D eigenvalue weighted by atomic mass is 10.1. The van der Waals surface area contributed by atoms with Gasteiger partial charge in [0.2, 0.25) is 16.0 Å². The third kappa shape index (κ3) is 2.33. The number of hydrogen-bond donors (Lipinski definition) is 3. The van der Waals surface area contributed by atoms with Gasteiger partial charge >= 0.3 is 0 Å². The van der Waals surface area contributed by atoms with Crippen LogP contribution in [0.4, 0.5) is 23.1 Å². The van der Waals surface area contributed by atoms with E-state index in [9.17, 15) is 8.42 Å². The SMILES string of the molecule is CS(=O)(=O)N1CCc2cccc(Nc3nc(N)nc4[nH]ccc34)c21. The predicted molar refractivity (Wildman–Crippen MR) is 93.9 cm³/mol. The van der Waals surface area contributed by atoms with Gasteiger partial charge in [-0.05, 0) is 24.1 Å². The quantitative estimate of drug-likeness (QED) is 0.664. The fraction of sp³-hybridized carbons (Fsp3) is 0.200. The van der Waals surface area contributed by atoms with E-state index in [1.54, 1.807) is 6.20 Å². The second kappa shape index (κ2) is 5.10. The van der Waals surface area contributed by atoms with Crippen LogP contribution in [-0.2, 0) is 16.4 Å². The third-order valence-electron chi connectivity index (χ3n) is 4.04. The summed E-state index contributed by atoms with van der Waals surface area (Å²) in [4.78, 5) is 11.4. The van der Waals surface area contributed by atoms with E-state index in [0.29, 0.717) is 35.8 Å². The summed E-state index contributed by atoms with van der Waals surface area (Å²) in [6.45, 7) is 0.443. The molecule has 0 amide bonds. The maximum absolute atomic E-state index is 12.1.